The zero-order chi connectivity index (χ0) is 21.5. The first kappa shape index (κ1) is 25.1. The van der Waals surface area contributed by atoms with E-state index in [1.807, 2.05) is 24.7 Å². The van der Waals surface area contributed by atoms with Gasteiger partial charge in [0.1, 0.15) is 0 Å². The summed E-state index contributed by atoms with van der Waals surface area (Å²) in [4.78, 5) is 23.3. The van der Waals surface area contributed by atoms with Crippen LogP contribution in [0, 0.1) is 11.8 Å². The molecule has 1 heterocycles. The molecular formula is C22H41N5O2. The van der Waals surface area contributed by atoms with Crippen molar-refractivity contribution < 1.29 is 9.59 Å². The first-order valence-corrected chi connectivity index (χ1v) is 11.3. The summed E-state index contributed by atoms with van der Waals surface area (Å²) in [6.07, 6.45) is 10.8. The fourth-order valence-corrected chi connectivity index (χ4v) is 2.98. The van der Waals surface area contributed by atoms with Gasteiger partial charge in [-0.05, 0) is 38.0 Å². The van der Waals surface area contributed by atoms with Crippen molar-refractivity contribution >= 4 is 11.8 Å². The second-order valence-electron chi connectivity index (χ2n) is 8.57. The van der Waals surface area contributed by atoms with Crippen LogP contribution in [0.1, 0.15) is 84.8 Å². The maximum Gasteiger partial charge on any atom is 0.222 e. The van der Waals surface area contributed by atoms with Gasteiger partial charge in [0, 0.05) is 38.2 Å². The monoisotopic (exact) mass is 407 g/mol. The number of unbranched alkanes of at least 4 members (excludes halogenated alkanes) is 3. The van der Waals surface area contributed by atoms with Crippen molar-refractivity contribution in [1.29, 1.82) is 0 Å². The number of amides is 2. The summed E-state index contributed by atoms with van der Waals surface area (Å²) >= 11 is 0. The number of hydrogen-bond acceptors (Lipinski definition) is 4. The van der Waals surface area contributed by atoms with Gasteiger partial charge in [-0.1, -0.05) is 52.2 Å². The van der Waals surface area contributed by atoms with Crippen molar-refractivity contribution in [3.63, 3.8) is 0 Å². The predicted octanol–water partition coefficient (Wildman–Crippen LogP) is 3.49. The third-order valence-electron chi connectivity index (χ3n) is 4.84. The van der Waals surface area contributed by atoms with Gasteiger partial charge in [-0.25, -0.2) is 0 Å². The van der Waals surface area contributed by atoms with E-state index in [9.17, 15) is 9.59 Å². The molecule has 0 unspecified atom stereocenters. The minimum absolute atomic E-state index is 0.0365. The molecule has 0 atom stereocenters. The Morgan fingerprint density at radius 3 is 2.45 bits per heavy atom. The van der Waals surface area contributed by atoms with Crippen LogP contribution in [0.4, 0.5) is 0 Å². The van der Waals surface area contributed by atoms with Gasteiger partial charge in [0.15, 0.2) is 0 Å². The van der Waals surface area contributed by atoms with Crippen LogP contribution in [0.2, 0.25) is 0 Å². The van der Waals surface area contributed by atoms with Crippen molar-refractivity contribution in [2.75, 3.05) is 13.1 Å². The Labute approximate surface area is 176 Å². The van der Waals surface area contributed by atoms with E-state index < -0.39 is 0 Å². The molecule has 2 amide bonds. The lowest BCUT2D eigenvalue weighted by molar-refractivity contribution is -0.124. The Bertz CT molecular complexity index is 584. The van der Waals surface area contributed by atoms with Crippen LogP contribution in [-0.2, 0) is 22.6 Å². The summed E-state index contributed by atoms with van der Waals surface area (Å²) in [6, 6.07) is 0. The number of carbonyl (C=O) groups excluding carboxylic acids is 2. The van der Waals surface area contributed by atoms with Crippen molar-refractivity contribution in [3.05, 3.63) is 11.9 Å². The summed E-state index contributed by atoms with van der Waals surface area (Å²) in [5, 5.41) is 14.3. The third-order valence-corrected chi connectivity index (χ3v) is 4.84. The highest BCUT2D eigenvalue weighted by molar-refractivity contribution is 5.77. The first-order valence-electron chi connectivity index (χ1n) is 11.3. The molecule has 166 valence electrons. The van der Waals surface area contributed by atoms with Gasteiger partial charge < -0.3 is 10.6 Å². The maximum absolute atomic E-state index is 11.8. The number of hydrogen-bond donors (Lipinski definition) is 2. The van der Waals surface area contributed by atoms with Gasteiger partial charge in [-0.15, -0.1) is 5.10 Å². The Morgan fingerprint density at radius 1 is 0.966 bits per heavy atom. The molecule has 0 aromatic carbocycles. The topological polar surface area (TPSA) is 88.9 Å². The number of nitrogens with one attached hydrogen (secondary N) is 2. The van der Waals surface area contributed by atoms with Crippen LogP contribution >= 0.6 is 0 Å². The average molecular weight is 408 g/mol. The Hall–Kier alpha value is -1.92. The van der Waals surface area contributed by atoms with Crippen LogP contribution in [0.25, 0.3) is 0 Å². The quantitative estimate of drug-likeness (QED) is 0.411. The van der Waals surface area contributed by atoms with Crippen molar-refractivity contribution in [3.8, 4) is 0 Å². The molecule has 0 bridgehead atoms. The summed E-state index contributed by atoms with van der Waals surface area (Å²) in [6.45, 7) is 10.4. The zero-order valence-corrected chi connectivity index (χ0v) is 18.9. The van der Waals surface area contributed by atoms with Gasteiger partial charge >= 0.3 is 0 Å². The molecule has 1 aromatic rings. The van der Waals surface area contributed by atoms with Gasteiger partial charge in [-0.3, -0.25) is 14.3 Å². The van der Waals surface area contributed by atoms with E-state index in [0.29, 0.717) is 19.5 Å². The molecule has 0 aliphatic carbocycles. The van der Waals surface area contributed by atoms with Gasteiger partial charge in [-0.2, -0.15) is 0 Å². The molecule has 0 saturated carbocycles. The minimum atomic E-state index is 0.0365. The number of carbonyl (C=O) groups is 2. The van der Waals surface area contributed by atoms with Crippen LogP contribution in [0.5, 0.6) is 0 Å². The standard InChI is InChI=1S/C22H41N5O2/c1-18(2)11-6-5-7-13-21(28)23-15-10-16-27-17-20(25-26-27)12-8-9-14-24-22(29)19(3)4/h17-19H,5-16H2,1-4H3,(H,23,28)(H,24,29). The molecule has 7 nitrogen and oxygen atoms in total. The van der Waals surface area contributed by atoms with Gasteiger partial charge in [0.25, 0.3) is 0 Å². The zero-order valence-electron chi connectivity index (χ0n) is 18.9. The highest BCUT2D eigenvalue weighted by Gasteiger charge is 2.06. The van der Waals surface area contributed by atoms with Crippen molar-refractivity contribution in [2.45, 2.75) is 92.0 Å². The molecule has 7 heteroatoms. The van der Waals surface area contributed by atoms with Crippen molar-refractivity contribution in [1.82, 2.24) is 25.6 Å². The van der Waals surface area contributed by atoms with Crippen LogP contribution in [0.15, 0.2) is 6.20 Å². The normalized spacial score (nSPS) is 11.2. The number of nitrogens with zero attached hydrogens (tertiary/aromatic N) is 3. The second-order valence-corrected chi connectivity index (χ2v) is 8.57. The molecule has 0 aliphatic heterocycles. The summed E-state index contributed by atoms with van der Waals surface area (Å²) < 4.78 is 1.84. The molecule has 0 spiro atoms. The highest BCUT2D eigenvalue weighted by atomic mass is 16.2. The third kappa shape index (κ3) is 13.0. The number of rotatable bonds is 16. The largest absolute Gasteiger partial charge is 0.356 e. The van der Waals surface area contributed by atoms with Crippen LogP contribution in [-0.4, -0.2) is 39.9 Å². The lowest BCUT2D eigenvalue weighted by Gasteiger charge is -2.06. The van der Waals surface area contributed by atoms with Gasteiger partial charge in [0.05, 0.1) is 5.69 Å². The van der Waals surface area contributed by atoms with Crippen molar-refractivity contribution in [2.24, 2.45) is 11.8 Å². The van der Waals surface area contributed by atoms with E-state index in [0.717, 1.165) is 56.7 Å². The second kappa shape index (κ2) is 15.0. The van der Waals surface area contributed by atoms with E-state index in [-0.39, 0.29) is 17.7 Å². The molecule has 0 radical (unpaired) electrons. The smallest absolute Gasteiger partial charge is 0.222 e. The molecule has 29 heavy (non-hydrogen) atoms. The molecule has 0 aliphatic rings. The summed E-state index contributed by atoms with van der Waals surface area (Å²) in [5.74, 6) is 1.04. The summed E-state index contributed by atoms with van der Waals surface area (Å²) in [7, 11) is 0. The average Bonchev–Trinajstić information content (AvgIpc) is 3.12. The summed E-state index contributed by atoms with van der Waals surface area (Å²) in [5.41, 5.74) is 0.977. The van der Waals surface area contributed by atoms with E-state index in [1.54, 1.807) is 0 Å². The molecule has 2 N–H and O–H groups in total. The fraction of sp³-hybridized carbons (Fsp3) is 0.818. The maximum atomic E-state index is 11.8. The number of aryl methyl sites for hydroxylation is 2. The van der Waals surface area contributed by atoms with E-state index >= 15 is 0 Å². The van der Waals surface area contributed by atoms with Gasteiger partial charge in [0.2, 0.25) is 11.8 Å². The van der Waals surface area contributed by atoms with Crippen LogP contribution < -0.4 is 10.6 Å². The predicted molar refractivity (Wildman–Crippen MR) is 116 cm³/mol. The van der Waals surface area contributed by atoms with Crippen LogP contribution in [0.3, 0.4) is 0 Å². The van der Waals surface area contributed by atoms with E-state index in [1.165, 1.54) is 12.8 Å². The molecule has 0 saturated heterocycles. The molecule has 1 aromatic heterocycles. The Kier molecular flexibility index (Phi) is 13.0. The molecule has 0 fully saturated rings. The molecule has 1 rings (SSSR count). The highest BCUT2D eigenvalue weighted by Crippen LogP contribution is 2.09. The lowest BCUT2D eigenvalue weighted by atomic mass is 10.0. The van der Waals surface area contributed by atoms with E-state index in [4.69, 9.17) is 0 Å². The molecular weight excluding hydrogens is 366 g/mol. The fourth-order valence-electron chi connectivity index (χ4n) is 2.98. The lowest BCUT2D eigenvalue weighted by Crippen LogP contribution is -2.28. The Morgan fingerprint density at radius 2 is 1.72 bits per heavy atom. The first-order chi connectivity index (χ1) is 13.9. The Balaban J connectivity index is 2.04. The SMILES string of the molecule is CC(C)CCCCCC(=O)NCCCn1cc(CCCCNC(=O)C(C)C)nn1. The van der Waals surface area contributed by atoms with E-state index in [2.05, 4.69) is 34.8 Å². The minimum Gasteiger partial charge on any atom is -0.356 e. The number of aromatic nitrogens is 3.